The molecule has 102 valence electrons. The van der Waals surface area contributed by atoms with Crippen molar-refractivity contribution in [2.45, 2.75) is 57.3 Å². The first-order valence-corrected chi connectivity index (χ1v) is 7.28. The molecule has 0 aromatic carbocycles. The minimum Gasteiger partial charge on any atom is -0.381 e. The molecule has 1 saturated carbocycles. The van der Waals surface area contributed by atoms with Gasteiger partial charge in [-0.2, -0.15) is 5.10 Å². The molecule has 1 aliphatic carbocycles. The maximum Gasteiger partial charge on any atom is 0.133 e. The highest BCUT2D eigenvalue weighted by Gasteiger charge is 2.44. The molecule has 0 saturated heterocycles. The van der Waals surface area contributed by atoms with E-state index in [0.717, 1.165) is 35.8 Å². The van der Waals surface area contributed by atoms with E-state index in [1.165, 1.54) is 0 Å². The van der Waals surface area contributed by atoms with Gasteiger partial charge in [0.05, 0.1) is 22.5 Å². The van der Waals surface area contributed by atoms with Gasteiger partial charge in [-0.1, -0.05) is 6.42 Å². The molecular weight excluding hydrogens is 296 g/mol. The zero-order valence-electron chi connectivity index (χ0n) is 11.2. The van der Waals surface area contributed by atoms with Crippen LogP contribution < -0.4 is 0 Å². The van der Waals surface area contributed by atoms with E-state index in [4.69, 9.17) is 4.74 Å². The van der Waals surface area contributed by atoms with E-state index in [-0.39, 0.29) is 12.1 Å². The second kappa shape index (κ2) is 5.31. The molecule has 2 unspecified atom stereocenters. The fraction of sp³-hybridized carbons (Fsp3) is 0.769. The first-order valence-electron chi connectivity index (χ1n) is 6.49. The summed E-state index contributed by atoms with van der Waals surface area (Å²) >= 11 is 3.51. The molecule has 1 aromatic heterocycles. The van der Waals surface area contributed by atoms with Gasteiger partial charge in [0.25, 0.3) is 0 Å². The average molecular weight is 317 g/mol. The van der Waals surface area contributed by atoms with Crippen LogP contribution in [0.4, 0.5) is 0 Å². The highest BCUT2D eigenvalue weighted by atomic mass is 79.9. The van der Waals surface area contributed by atoms with Gasteiger partial charge in [0.1, 0.15) is 5.60 Å². The molecule has 0 bridgehead atoms. The largest absolute Gasteiger partial charge is 0.381 e. The van der Waals surface area contributed by atoms with Gasteiger partial charge in [-0.3, -0.25) is 4.68 Å². The molecule has 0 aliphatic heterocycles. The summed E-state index contributed by atoms with van der Waals surface area (Å²) < 4.78 is 8.26. The third-order valence-electron chi connectivity index (χ3n) is 3.74. The van der Waals surface area contributed by atoms with E-state index >= 15 is 0 Å². The van der Waals surface area contributed by atoms with Crippen molar-refractivity contribution in [1.82, 2.24) is 9.78 Å². The molecule has 4 nitrogen and oxygen atoms in total. The monoisotopic (exact) mass is 316 g/mol. The van der Waals surface area contributed by atoms with Gasteiger partial charge in [0, 0.05) is 13.2 Å². The molecule has 2 atom stereocenters. The van der Waals surface area contributed by atoms with Gasteiger partial charge < -0.3 is 9.84 Å². The van der Waals surface area contributed by atoms with Crippen molar-refractivity contribution in [3.8, 4) is 0 Å². The summed E-state index contributed by atoms with van der Waals surface area (Å²) in [6.45, 7) is 4.13. The lowest BCUT2D eigenvalue weighted by molar-refractivity contribution is -0.128. The van der Waals surface area contributed by atoms with Gasteiger partial charge in [-0.05, 0) is 49.0 Å². The number of halogens is 1. The van der Waals surface area contributed by atoms with Crippen molar-refractivity contribution in [2.24, 2.45) is 0 Å². The SMILES string of the molecule is COC1CCCCC1(O)c1c(Br)cnn1C(C)C. The molecule has 0 spiro atoms. The molecule has 1 aromatic rings. The van der Waals surface area contributed by atoms with Gasteiger partial charge >= 0.3 is 0 Å². The molecule has 0 amide bonds. The Bertz CT molecular complexity index is 419. The van der Waals surface area contributed by atoms with E-state index in [1.807, 2.05) is 4.68 Å². The predicted molar refractivity (Wildman–Crippen MR) is 73.5 cm³/mol. The first kappa shape index (κ1) is 14.0. The molecule has 1 fully saturated rings. The van der Waals surface area contributed by atoms with Crippen LogP contribution in [-0.2, 0) is 10.3 Å². The lowest BCUT2D eigenvalue weighted by atomic mass is 9.79. The lowest BCUT2D eigenvalue weighted by Crippen LogP contribution is -2.45. The third-order valence-corrected chi connectivity index (χ3v) is 4.32. The molecule has 1 N–H and O–H groups in total. The highest BCUT2D eigenvalue weighted by molar-refractivity contribution is 9.10. The maximum atomic E-state index is 11.1. The standard InChI is InChI=1S/C13H21BrN2O2/c1-9(2)16-12(10(14)8-15-16)13(17)7-5-4-6-11(13)18-3/h8-9,11,17H,4-7H2,1-3H3. The summed E-state index contributed by atoms with van der Waals surface area (Å²) in [5.41, 5.74) is -0.0869. The number of rotatable bonds is 3. The van der Waals surface area contributed by atoms with E-state index < -0.39 is 5.60 Å². The number of aromatic nitrogens is 2. The van der Waals surface area contributed by atoms with Gasteiger partial charge in [0.15, 0.2) is 0 Å². The summed E-state index contributed by atoms with van der Waals surface area (Å²) in [5.74, 6) is 0. The predicted octanol–water partition coefficient (Wildman–Crippen LogP) is 3.00. The van der Waals surface area contributed by atoms with Crippen LogP contribution in [0, 0.1) is 0 Å². The maximum absolute atomic E-state index is 11.1. The number of aliphatic hydroxyl groups is 1. The number of hydrogen-bond acceptors (Lipinski definition) is 3. The Morgan fingerprint density at radius 3 is 2.89 bits per heavy atom. The number of methoxy groups -OCH3 is 1. The Hall–Kier alpha value is -0.390. The Morgan fingerprint density at radius 1 is 1.56 bits per heavy atom. The normalized spacial score (nSPS) is 28.9. The fourth-order valence-corrected chi connectivity index (χ4v) is 3.46. The molecule has 5 heteroatoms. The van der Waals surface area contributed by atoms with Crippen LogP contribution in [0.1, 0.15) is 51.3 Å². The summed E-state index contributed by atoms with van der Waals surface area (Å²) in [5, 5.41) is 15.4. The van der Waals surface area contributed by atoms with Crippen molar-refractivity contribution < 1.29 is 9.84 Å². The van der Waals surface area contributed by atoms with E-state index in [0.29, 0.717) is 0 Å². The quantitative estimate of drug-likeness (QED) is 0.932. The van der Waals surface area contributed by atoms with Crippen LogP contribution in [-0.4, -0.2) is 28.1 Å². The molecule has 0 radical (unpaired) electrons. The average Bonchev–Trinajstić information content (AvgIpc) is 2.72. The Labute approximate surface area is 116 Å². The molecular formula is C13H21BrN2O2. The molecule has 2 rings (SSSR count). The van der Waals surface area contributed by atoms with Crippen molar-refractivity contribution in [2.75, 3.05) is 7.11 Å². The molecule has 18 heavy (non-hydrogen) atoms. The third kappa shape index (κ3) is 2.24. The van der Waals surface area contributed by atoms with Crippen LogP contribution in [0.5, 0.6) is 0 Å². The number of ether oxygens (including phenoxy) is 1. The lowest BCUT2D eigenvalue weighted by Gasteiger charge is -2.40. The Kier molecular flexibility index (Phi) is 4.14. The first-order chi connectivity index (χ1) is 8.50. The van der Waals surface area contributed by atoms with Crippen LogP contribution in [0.25, 0.3) is 0 Å². The van der Waals surface area contributed by atoms with Gasteiger partial charge in [-0.15, -0.1) is 0 Å². The smallest absolute Gasteiger partial charge is 0.133 e. The number of nitrogens with zero attached hydrogens (tertiary/aromatic N) is 2. The Morgan fingerprint density at radius 2 is 2.28 bits per heavy atom. The zero-order chi connectivity index (χ0) is 13.3. The van der Waals surface area contributed by atoms with Crippen LogP contribution >= 0.6 is 15.9 Å². The van der Waals surface area contributed by atoms with E-state index in [1.54, 1.807) is 13.3 Å². The zero-order valence-corrected chi connectivity index (χ0v) is 12.8. The molecule has 1 aliphatic rings. The summed E-state index contributed by atoms with van der Waals surface area (Å²) in [6, 6.07) is 0.217. The second-order valence-corrected chi connectivity index (χ2v) is 6.13. The fourth-order valence-electron chi connectivity index (χ4n) is 2.85. The van der Waals surface area contributed by atoms with Crippen molar-refractivity contribution in [3.63, 3.8) is 0 Å². The summed E-state index contributed by atoms with van der Waals surface area (Å²) in [7, 11) is 1.67. The minimum absolute atomic E-state index is 0.156. The van der Waals surface area contributed by atoms with Crippen LogP contribution in [0.2, 0.25) is 0 Å². The van der Waals surface area contributed by atoms with Crippen molar-refractivity contribution in [3.05, 3.63) is 16.4 Å². The van der Waals surface area contributed by atoms with Gasteiger partial charge in [0.2, 0.25) is 0 Å². The highest BCUT2D eigenvalue weighted by Crippen LogP contribution is 2.42. The number of hydrogen-bond donors (Lipinski definition) is 1. The topological polar surface area (TPSA) is 47.3 Å². The van der Waals surface area contributed by atoms with E-state index in [2.05, 4.69) is 34.9 Å². The Balaban J connectivity index is 2.47. The van der Waals surface area contributed by atoms with Crippen molar-refractivity contribution in [1.29, 1.82) is 0 Å². The summed E-state index contributed by atoms with van der Waals surface area (Å²) in [6.07, 6.45) is 5.34. The van der Waals surface area contributed by atoms with E-state index in [9.17, 15) is 5.11 Å². The van der Waals surface area contributed by atoms with Gasteiger partial charge in [-0.25, -0.2) is 0 Å². The summed E-state index contributed by atoms with van der Waals surface area (Å²) in [4.78, 5) is 0. The minimum atomic E-state index is -0.938. The second-order valence-electron chi connectivity index (χ2n) is 5.27. The van der Waals surface area contributed by atoms with Crippen LogP contribution in [0.3, 0.4) is 0 Å². The van der Waals surface area contributed by atoms with Crippen molar-refractivity contribution >= 4 is 15.9 Å². The van der Waals surface area contributed by atoms with Crippen LogP contribution in [0.15, 0.2) is 10.7 Å². The molecule has 1 heterocycles.